The Kier molecular flexibility index (Phi) is 8.31. The summed E-state index contributed by atoms with van der Waals surface area (Å²) in [5, 5.41) is 13.3. The highest BCUT2D eigenvalue weighted by Crippen LogP contribution is 2.27. The van der Waals surface area contributed by atoms with Crippen LogP contribution in [-0.4, -0.2) is 37.4 Å². The molecule has 0 fully saturated rings. The van der Waals surface area contributed by atoms with Gasteiger partial charge in [0.05, 0.1) is 20.5 Å². The van der Waals surface area contributed by atoms with Crippen LogP contribution in [0.2, 0.25) is 5.02 Å². The highest BCUT2D eigenvalue weighted by molar-refractivity contribution is 7.89. The molecule has 2 rings (SSSR count). The van der Waals surface area contributed by atoms with Crippen LogP contribution in [0.25, 0.3) is 0 Å². The first-order valence-corrected chi connectivity index (χ1v) is 11.3. The average Bonchev–Trinajstić information content (AvgIpc) is 2.73. The maximum atomic E-state index is 12.6. The van der Waals surface area contributed by atoms with Crippen LogP contribution in [0.1, 0.15) is 20.8 Å². The standard InChI is InChI=1S/C20H22ClN3O7S/c1-12(2)18(23-32(29,30)15-7-5-4-6-8-15)20(26)31-13(3)19(25)22-17-11-14(24(27)28)9-10-16(17)21/h4-13,18,23H,1-3H3,(H,22,25)/t13-,18+/m1/s1. The van der Waals surface area contributed by atoms with Crippen molar-refractivity contribution in [3.8, 4) is 0 Å². The molecule has 32 heavy (non-hydrogen) atoms. The first-order valence-electron chi connectivity index (χ1n) is 9.45. The molecule has 0 unspecified atom stereocenters. The van der Waals surface area contributed by atoms with Crippen molar-refractivity contribution < 1.29 is 27.7 Å². The summed E-state index contributed by atoms with van der Waals surface area (Å²) < 4.78 is 32.6. The fourth-order valence-corrected chi connectivity index (χ4v) is 4.07. The van der Waals surface area contributed by atoms with Crippen LogP contribution in [0.15, 0.2) is 53.4 Å². The van der Waals surface area contributed by atoms with Crippen LogP contribution < -0.4 is 10.0 Å². The van der Waals surface area contributed by atoms with E-state index in [9.17, 15) is 28.1 Å². The minimum atomic E-state index is -4.01. The van der Waals surface area contributed by atoms with E-state index < -0.39 is 44.9 Å². The molecule has 10 nitrogen and oxygen atoms in total. The fourth-order valence-electron chi connectivity index (χ4n) is 2.55. The minimum Gasteiger partial charge on any atom is -0.451 e. The van der Waals surface area contributed by atoms with E-state index in [-0.39, 0.29) is 21.3 Å². The van der Waals surface area contributed by atoms with Crippen molar-refractivity contribution in [2.75, 3.05) is 5.32 Å². The van der Waals surface area contributed by atoms with Gasteiger partial charge in [0.1, 0.15) is 6.04 Å². The van der Waals surface area contributed by atoms with Gasteiger partial charge in [0, 0.05) is 12.1 Å². The van der Waals surface area contributed by atoms with Gasteiger partial charge in [-0.2, -0.15) is 4.72 Å². The Morgan fingerprint density at radius 2 is 1.72 bits per heavy atom. The minimum absolute atomic E-state index is 0.0236. The number of non-ortho nitro benzene ring substituents is 1. The molecular formula is C20H22ClN3O7S. The molecule has 2 N–H and O–H groups in total. The molecule has 12 heteroatoms. The number of rotatable bonds is 9. The van der Waals surface area contributed by atoms with E-state index in [1.165, 1.54) is 31.2 Å². The molecule has 0 aromatic heterocycles. The maximum absolute atomic E-state index is 12.6. The van der Waals surface area contributed by atoms with Gasteiger partial charge < -0.3 is 10.1 Å². The van der Waals surface area contributed by atoms with Crippen LogP contribution in [-0.2, 0) is 24.3 Å². The van der Waals surface area contributed by atoms with Gasteiger partial charge in [0.2, 0.25) is 10.0 Å². The second-order valence-electron chi connectivity index (χ2n) is 7.15. The Bertz CT molecular complexity index is 1110. The maximum Gasteiger partial charge on any atom is 0.325 e. The largest absolute Gasteiger partial charge is 0.451 e. The number of carbonyl (C=O) groups excluding carboxylic acids is 2. The normalized spacial score (nSPS) is 13.3. The molecule has 0 saturated heterocycles. The second-order valence-corrected chi connectivity index (χ2v) is 9.27. The molecule has 172 valence electrons. The van der Waals surface area contributed by atoms with Crippen molar-refractivity contribution in [1.82, 2.24) is 4.72 Å². The summed E-state index contributed by atoms with van der Waals surface area (Å²) in [7, 11) is -4.01. The topological polar surface area (TPSA) is 145 Å². The molecule has 0 aliphatic carbocycles. The van der Waals surface area contributed by atoms with Gasteiger partial charge in [0.15, 0.2) is 6.10 Å². The molecule has 2 atom stereocenters. The van der Waals surface area contributed by atoms with Crippen molar-refractivity contribution >= 4 is 44.9 Å². The number of hydrogen-bond acceptors (Lipinski definition) is 7. The molecule has 0 bridgehead atoms. The summed E-state index contributed by atoms with van der Waals surface area (Å²) in [5.74, 6) is -2.23. The van der Waals surface area contributed by atoms with E-state index in [1.54, 1.807) is 32.0 Å². The SMILES string of the molecule is CC(C)[C@H](NS(=O)(=O)c1ccccc1)C(=O)O[C@H](C)C(=O)Nc1cc([N+](=O)[O-])ccc1Cl. The van der Waals surface area contributed by atoms with Gasteiger partial charge in [-0.3, -0.25) is 19.7 Å². The summed E-state index contributed by atoms with van der Waals surface area (Å²) in [6.07, 6.45) is -1.33. The monoisotopic (exact) mass is 483 g/mol. The van der Waals surface area contributed by atoms with Gasteiger partial charge in [-0.25, -0.2) is 8.42 Å². The summed E-state index contributed by atoms with van der Waals surface area (Å²) in [5.41, 5.74) is -0.316. The third kappa shape index (κ3) is 6.49. The van der Waals surface area contributed by atoms with Crippen LogP contribution in [0.4, 0.5) is 11.4 Å². The first kappa shape index (κ1) is 25.2. The summed E-state index contributed by atoms with van der Waals surface area (Å²) >= 11 is 5.96. The molecule has 0 heterocycles. The van der Waals surface area contributed by atoms with Crippen molar-refractivity contribution in [3.05, 3.63) is 63.7 Å². The fraction of sp³-hybridized carbons (Fsp3) is 0.300. The van der Waals surface area contributed by atoms with Gasteiger partial charge in [-0.05, 0) is 31.0 Å². The lowest BCUT2D eigenvalue weighted by Crippen LogP contribution is -2.47. The third-order valence-corrected chi connectivity index (χ3v) is 6.12. The smallest absolute Gasteiger partial charge is 0.325 e. The van der Waals surface area contributed by atoms with E-state index in [4.69, 9.17) is 16.3 Å². The molecule has 2 aromatic rings. The number of amides is 1. The quantitative estimate of drug-likeness (QED) is 0.316. The number of anilines is 1. The van der Waals surface area contributed by atoms with E-state index in [1.807, 2.05) is 0 Å². The van der Waals surface area contributed by atoms with Gasteiger partial charge in [0.25, 0.3) is 11.6 Å². The number of sulfonamides is 1. The van der Waals surface area contributed by atoms with Crippen molar-refractivity contribution in [1.29, 1.82) is 0 Å². The summed E-state index contributed by atoms with van der Waals surface area (Å²) in [4.78, 5) is 35.3. The Balaban J connectivity index is 2.11. The number of ether oxygens (including phenoxy) is 1. The Labute approximate surface area is 190 Å². The number of nitro benzene ring substituents is 1. The predicted molar refractivity (Wildman–Crippen MR) is 118 cm³/mol. The molecule has 0 saturated carbocycles. The summed E-state index contributed by atoms with van der Waals surface area (Å²) in [6, 6.07) is 9.74. The Morgan fingerprint density at radius 3 is 2.28 bits per heavy atom. The molecule has 2 aromatic carbocycles. The second kappa shape index (κ2) is 10.5. The molecule has 0 aliphatic rings. The zero-order valence-electron chi connectivity index (χ0n) is 17.4. The van der Waals surface area contributed by atoms with Gasteiger partial charge >= 0.3 is 5.97 Å². The van der Waals surface area contributed by atoms with E-state index in [0.717, 1.165) is 6.07 Å². The lowest BCUT2D eigenvalue weighted by atomic mass is 10.1. The molecule has 1 amide bonds. The highest BCUT2D eigenvalue weighted by atomic mass is 35.5. The zero-order chi connectivity index (χ0) is 24.1. The molecule has 0 radical (unpaired) electrons. The van der Waals surface area contributed by atoms with Crippen molar-refractivity contribution in [2.24, 2.45) is 5.92 Å². The van der Waals surface area contributed by atoms with Crippen LogP contribution in [0.3, 0.4) is 0 Å². The number of hydrogen-bond donors (Lipinski definition) is 2. The lowest BCUT2D eigenvalue weighted by Gasteiger charge is -2.23. The lowest BCUT2D eigenvalue weighted by molar-refractivity contribution is -0.384. The molecule has 0 spiro atoms. The van der Waals surface area contributed by atoms with Crippen molar-refractivity contribution in [2.45, 2.75) is 37.8 Å². The Hall–Kier alpha value is -3.02. The Morgan fingerprint density at radius 1 is 1.09 bits per heavy atom. The number of nitro groups is 1. The number of nitrogens with one attached hydrogen (secondary N) is 2. The number of nitrogens with zero attached hydrogens (tertiary/aromatic N) is 1. The number of carbonyl (C=O) groups is 2. The van der Waals surface area contributed by atoms with Crippen molar-refractivity contribution in [3.63, 3.8) is 0 Å². The predicted octanol–water partition coefficient (Wildman–Crippen LogP) is 3.12. The van der Waals surface area contributed by atoms with Gasteiger partial charge in [-0.15, -0.1) is 0 Å². The molecular weight excluding hydrogens is 462 g/mol. The number of esters is 1. The first-order chi connectivity index (χ1) is 14.9. The zero-order valence-corrected chi connectivity index (χ0v) is 19.0. The van der Waals surface area contributed by atoms with Gasteiger partial charge in [-0.1, -0.05) is 43.6 Å². The summed E-state index contributed by atoms with van der Waals surface area (Å²) in [6.45, 7) is 4.52. The van der Waals surface area contributed by atoms with Crippen LogP contribution >= 0.6 is 11.6 Å². The average molecular weight is 484 g/mol. The van der Waals surface area contributed by atoms with E-state index >= 15 is 0 Å². The van der Waals surface area contributed by atoms with Crippen LogP contribution in [0, 0.1) is 16.0 Å². The number of benzene rings is 2. The highest BCUT2D eigenvalue weighted by Gasteiger charge is 2.32. The van der Waals surface area contributed by atoms with Crippen LogP contribution in [0.5, 0.6) is 0 Å². The van der Waals surface area contributed by atoms with E-state index in [2.05, 4.69) is 10.0 Å². The molecule has 0 aliphatic heterocycles. The third-order valence-electron chi connectivity index (χ3n) is 4.34. The number of halogens is 1. The van der Waals surface area contributed by atoms with E-state index in [0.29, 0.717) is 0 Å².